The van der Waals surface area contributed by atoms with E-state index in [2.05, 4.69) is 67.7 Å². The van der Waals surface area contributed by atoms with Gasteiger partial charge in [0, 0.05) is 0 Å². The second-order valence-electron chi connectivity index (χ2n) is 4.80. The van der Waals surface area contributed by atoms with E-state index in [1.165, 1.54) is 0 Å². The van der Waals surface area contributed by atoms with E-state index in [-0.39, 0.29) is 0 Å². The van der Waals surface area contributed by atoms with Crippen LogP contribution in [0, 0.1) is 0 Å². The predicted octanol–water partition coefficient (Wildman–Crippen LogP) is 4.75. The summed E-state index contributed by atoms with van der Waals surface area (Å²) in [6.45, 7) is 10.6. The summed E-state index contributed by atoms with van der Waals surface area (Å²) in [5, 5.41) is 0. The summed E-state index contributed by atoms with van der Waals surface area (Å²) in [5.74, 6) is 0. The van der Waals surface area contributed by atoms with Crippen LogP contribution in [0.15, 0.2) is 34.6 Å². The fourth-order valence-corrected chi connectivity index (χ4v) is 7.51. The number of rotatable bonds is 5. The zero-order valence-corrected chi connectivity index (χ0v) is 15.2. The maximum absolute atomic E-state index is 6.27. The monoisotopic (exact) mass is 307 g/mol. The predicted molar refractivity (Wildman–Crippen MR) is 85.5 cm³/mol. The third kappa shape index (κ3) is 11.0. The largest absolute Gasteiger partial charge is 0.173 e. The fourth-order valence-electron chi connectivity index (χ4n) is 0.948. The Balaban J connectivity index is 4.65. The van der Waals surface area contributed by atoms with Crippen LogP contribution in [0.25, 0.3) is 0 Å². The van der Waals surface area contributed by atoms with Crippen LogP contribution >= 0.6 is 22.2 Å². The molecular formula is C11H21Cl2Si3. The normalized spacial score (nSPS) is 15.0. The molecule has 0 aliphatic heterocycles. The minimum atomic E-state index is -1.60. The maximum atomic E-state index is 6.27. The summed E-state index contributed by atoms with van der Waals surface area (Å²) in [4.78, 5) is 0. The summed E-state index contributed by atoms with van der Waals surface area (Å²) >= 11 is 12.5. The van der Waals surface area contributed by atoms with Crippen molar-refractivity contribution in [1.29, 1.82) is 0 Å². The van der Waals surface area contributed by atoms with Crippen LogP contribution in [-0.2, 0) is 0 Å². The van der Waals surface area contributed by atoms with E-state index in [4.69, 9.17) is 22.2 Å². The summed E-state index contributed by atoms with van der Waals surface area (Å²) in [6, 6.07) is 0. The summed E-state index contributed by atoms with van der Waals surface area (Å²) in [7, 11) is -3.89. The molecule has 0 unspecified atom stereocenters. The number of hydrogen-bond acceptors (Lipinski definition) is 0. The van der Waals surface area contributed by atoms with Gasteiger partial charge in [-0.2, -0.15) is 22.2 Å². The minimum absolute atomic E-state index is 0.703. The molecule has 0 fully saturated rings. The lowest BCUT2D eigenvalue weighted by atomic mass is 10.8. The molecule has 0 saturated heterocycles. The molecule has 16 heavy (non-hydrogen) atoms. The Kier molecular flexibility index (Phi) is 7.21. The van der Waals surface area contributed by atoms with Crippen molar-refractivity contribution >= 4 is 45.7 Å². The number of allylic oxidation sites excluding steroid dienone is 1. The third-order valence-corrected chi connectivity index (χ3v) is 6.87. The molecule has 0 aliphatic rings. The highest BCUT2D eigenvalue weighted by atomic mass is 35.6. The molecule has 1 radical (unpaired) electrons. The molecule has 0 aliphatic carbocycles. The summed E-state index contributed by atoms with van der Waals surface area (Å²) in [6.07, 6.45) is 2.11. The maximum Gasteiger partial charge on any atom is 0.173 e. The molecule has 0 saturated carbocycles. The molecule has 0 amide bonds. The Labute approximate surface area is 113 Å². The lowest BCUT2D eigenvalue weighted by molar-refractivity contribution is 1.77. The van der Waals surface area contributed by atoms with Gasteiger partial charge in [0.15, 0.2) is 14.8 Å². The van der Waals surface area contributed by atoms with Crippen molar-refractivity contribution in [2.24, 2.45) is 0 Å². The first-order valence-electron chi connectivity index (χ1n) is 5.40. The van der Waals surface area contributed by atoms with Crippen molar-refractivity contribution in [2.75, 3.05) is 0 Å². The van der Waals surface area contributed by atoms with E-state index in [1.54, 1.807) is 0 Å². The van der Waals surface area contributed by atoms with Gasteiger partial charge in [0.2, 0.25) is 0 Å². The van der Waals surface area contributed by atoms with E-state index < -0.39 is 23.6 Å². The Morgan fingerprint density at radius 2 is 1.19 bits per heavy atom. The van der Waals surface area contributed by atoms with Gasteiger partial charge in [-0.3, -0.25) is 0 Å². The van der Waals surface area contributed by atoms with Crippen LogP contribution in [0.4, 0.5) is 0 Å². The quantitative estimate of drug-likeness (QED) is 0.508. The third-order valence-electron chi connectivity index (χ3n) is 1.70. The van der Waals surface area contributed by atoms with Crippen LogP contribution < -0.4 is 0 Å². The molecule has 0 N–H and O–H groups in total. The molecule has 5 heteroatoms. The van der Waals surface area contributed by atoms with Crippen molar-refractivity contribution in [3.63, 3.8) is 0 Å². The fraction of sp³-hybridized carbons (Fsp3) is 0.455. The Morgan fingerprint density at radius 1 is 0.812 bits per heavy atom. The standard InChI is InChI=1S/C11H21Cl2Si3/c1-6-7-14(8-10-15(2,3)12)9-11-16(4,5)13/h6-11H,1-5H3/b7-6+,10-8+,11-9?. The van der Waals surface area contributed by atoms with Gasteiger partial charge in [-0.25, -0.2) is 0 Å². The van der Waals surface area contributed by atoms with E-state index in [9.17, 15) is 0 Å². The van der Waals surface area contributed by atoms with Crippen LogP contribution in [0.5, 0.6) is 0 Å². The molecule has 0 aromatic carbocycles. The molecule has 0 heterocycles. The Morgan fingerprint density at radius 3 is 1.44 bits per heavy atom. The van der Waals surface area contributed by atoms with Gasteiger partial charge in [-0.05, 0) is 6.92 Å². The molecular weight excluding hydrogens is 287 g/mol. The van der Waals surface area contributed by atoms with Gasteiger partial charge >= 0.3 is 0 Å². The molecule has 0 rings (SSSR count). The van der Waals surface area contributed by atoms with Crippen molar-refractivity contribution in [2.45, 2.75) is 33.1 Å². The van der Waals surface area contributed by atoms with Gasteiger partial charge in [0.25, 0.3) is 0 Å². The van der Waals surface area contributed by atoms with Crippen molar-refractivity contribution in [1.82, 2.24) is 0 Å². The minimum Gasteiger partial charge on any atom is -0.162 e. The van der Waals surface area contributed by atoms with Gasteiger partial charge in [0.05, 0.1) is 0 Å². The van der Waals surface area contributed by atoms with Gasteiger partial charge in [-0.15, -0.1) is 0 Å². The first-order valence-corrected chi connectivity index (χ1v) is 15.3. The zero-order valence-electron chi connectivity index (χ0n) is 10.7. The molecule has 0 aromatic heterocycles. The SMILES string of the molecule is C/C=C/[Si](C=C[Si](C)(C)Cl)/C=C/[Si](C)(C)Cl. The van der Waals surface area contributed by atoms with E-state index in [0.29, 0.717) is 0 Å². The van der Waals surface area contributed by atoms with Crippen molar-refractivity contribution < 1.29 is 0 Å². The molecule has 0 atom stereocenters. The molecule has 0 spiro atoms. The highest BCUT2D eigenvalue weighted by Crippen LogP contribution is 2.12. The van der Waals surface area contributed by atoms with Crippen molar-refractivity contribution in [3.8, 4) is 0 Å². The van der Waals surface area contributed by atoms with Crippen LogP contribution in [0.3, 0.4) is 0 Å². The Hall–Kier alpha value is 0.451. The molecule has 0 nitrogen and oxygen atoms in total. The van der Waals surface area contributed by atoms with Crippen LogP contribution in [0.1, 0.15) is 6.92 Å². The molecule has 0 aromatic rings. The number of hydrogen-bond donors (Lipinski definition) is 0. The highest BCUT2D eigenvalue weighted by Gasteiger charge is 2.14. The van der Waals surface area contributed by atoms with E-state index >= 15 is 0 Å². The lowest BCUT2D eigenvalue weighted by Gasteiger charge is -2.08. The molecule has 91 valence electrons. The van der Waals surface area contributed by atoms with E-state index in [0.717, 1.165) is 0 Å². The number of halogens is 2. The topological polar surface area (TPSA) is 0 Å². The van der Waals surface area contributed by atoms with Crippen LogP contribution in [-0.4, -0.2) is 23.6 Å². The second-order valence-corrected chi connectivity index (χ2v) is 19.6. The van der Waals surface area contributed by atoms with Crippen LogP contribution in [0.2, 0.25) is 26.2 Å². The highest BCUT2D eigenvalue weighted by molar-refractivity contribution is 7.22. The first kappa shape index (κ1) is 16.5. The Bertz CT molecular complexity index is 259. The summed E-state index contributed by atoms with van der Waals surface area (Å²) in [5.41, 5.74) is 11.2. The average Bonchev–Trinajstić information content (AvgIpc) is 2.07. The summed E-state index contributed by atoms with van der Waals surface area (Å²) < 4.78 is 0. The second kappa shape index (κ2) is 7.01. The zero-order chi connectivity index (χ0) is 12.8. The molecule has 0 bridgehead atoms. The van der Waals surface area contributed by atoms with Gasteiger partial charge in [-0.1, -0.05) is 60.8 Å². The van der Waals surface area contributed by atoms with E-state index in [1.807, 2.05) is 0 Å². The van der Waals surface area contributed by atoms with Gasteiger partial charge in [0.1, 0.15) is 8.80 Å². The van der Waals surface area contributed by atoms with Gasteiger partial charge < -0.3 is 0 Å². The van der Waals surface area contributed by atoms with Crippen molar-refractivity contribution in [3.05, 3.63) is 34.6 Å². The first-order chi connectivity index (χ1) is 7.14. The lowest BCUT2D eigenvalue weighted by Crippen LogP contribution is -2.16. The average molecular weight is 308 g/mol. The smallest absolute Gasteiger partial charge is 0.162 e.